The summed E-state index contributed by atoms with van der Waals surface area (Å²) in [6.07, 6.45) is 2.62. The molecule has 0 saturated carbocycles. The fourth-order valence-corrected chi connectivity index (χ4v) is 2.35. The van der Waals surface area contributed by atoms with Gasteiger partial charge >= 0.3 is 0 Å². The Kier molecular flexibility index (Phi) is 4.58. The van der Waals surface area contributed by atoms with E-state index < -0.39 is 6.04 Å². The summed E-state index contributed by atoms with van der Waals surface area (Å²) in [5.41, 5.74) is 1.58. The predicted molar refractivity (Wildman–Crippen MR) is 77.0 cm³/mol. The highest BCUT2D eigenvalue weighted by Gasteiger charge is 2.22. The van der Waals surface area contributed by atoms with Crippen LogP contribution in [0.1, 0.15) is 35.2 Å². The Morgan fingerprint density at radius 3 is 2.95 bits per heavy atom. The van der Waals surface area contributed by atoms with Crippen molar-refractivity contribution in [1.82, 2.24) is 10.6 Å². The normalized spacial score (nSPS) is 19.5. The fraction of sp³-hybridized carbons (Fsp3) is 0.429. The van der Waals surface area contributed by atoms with Gasteiger partial charge in [-0.15, -0.1) is 0 Å². The summed E-state index contributed by atoms with van der Waals surface area (Å²) in [6, 6.07) is 4.99. The Bertz CT molecular complexity index is 502. The van der Waals surface area contributed by atoms with Crippen LogP contribution in [-0.4, -0.2) is 24.4 Å². The number of halogens is 1. The Balaban J connectivity index is 2.07. The first-order valence-electron chi connectivity index (χ1n) is 6.42. The molecule has 102 valence electrons. The molecule has 0 aliphatic carbocycles. The average molecular weight is 325 g/mol. The van der Waals surface area contributed by atoms with E-state index in [1.165, 1.54) is 0 Å². The van der Waals surface area contributed by atoms with Gasteiger partial charge in [0.2, 0.25) is 5.91 Å². The molecule has 0 spiro atoms. The molecular formula is C14H17BrN2O2. The molecule has 19 heavy (non-hydrogen) atoms. The second-order valence-electron chi connectivity index (χ2n) is 4.78. The van der Waals surface area contributed by atoms with Gasteiger partial charge in [0.15, 0.2) is 0 Å². The number of hydrogen-bond acceptors (Lipinski definition) is 2. The van der Waals surface area contributed by atoms with Crippen molar-refractivity contribution in [2.75, 3.05) is 6.54 Å². The number of carbonyl (C=O) groups is 2. The molecule has 1 aromatic carbocycles. The van der Waals surface area contributed by atoms with Crippen LogP contribution in [0.25, 0.3) is 0 Å². The van der Waals surface area contributed by atoms with Crippen LogP contribution < -0.4 is 10.6 Å². The first kappa shape index (κ1) is 14.1. The molecule has 5 heteroatoms. The summed E-state index contributed by atoms with van der Waals surface area (Å²) < 4.78 is 0.969. The summed E-state index contributed by atoms with van der Waals surface area (Å²) in [5.74, 6) is -0.280. The highest BCUT2D eigenvalue weighted by Crippen LogP contribution is 2.17. The maximum Gasteiger partial charge on any atom is 0.251 e. The van der Waals surface area contributed by atoms with Crippen molar-refractivity contribution >= 4 is 27.7 Å². The SMILES string of the molecule is Cc1cc(C(=O)NC2CCCCNC2=O)ccc1Br. The molecule has 2 rings (SSSR count). The third-order valence-electron chi connectivity index (χ3n) is 3.26. The van der Waals surface area contributed by atoms with E-state index in [-0.39, 0.29) is 11.8 Å². The van der Waals surface area contributed by atoms with E-state index in [9.17, 15) is 9.59 Å². The second-order valence-corrected chi connectivity index (χ2v) is 5.63. The van der Waals surface area contributed by atoms with E-state index in [4.69, 9.17) is 0 Å². The van der Waals surface area contributed by atoms with Crippen molar-refractivity contribution in [1.29, 1.82) is 0 Å². The molecule has 1 atom stereocenters. The van der Waals surface area contributed by atoms with Gasteiger partial charge in [-0.05, 0) is 49.9 Å². The van der Waals surface area contributed by atoms with Crippen LogP contribution in [0, 0.1) is 6.92 Å². The third kappa shape index (κ3) is 3.56. The van der Waals surface area contributed by atoms with Crippen LogP contribution in [0.4, 0.5) is 0 Å². The van der Waals surface area contributed by atoms with E-state index in [2.05, 4.69) is 26.6 Å². The van der Waals surface area contributed by atoms with Crippen LogP contribution in [0.2, 0.25) is 0 Å². The lowest BCUT2D eigenvalue weighted by Crippen LogP contribution is -2.45. The van der Waals surface area contributed by atoms with Crippen LogP contribution in [0.5, 0.6) is 0 Å². The smallest absolute Gasteiger partial charge is 0.251 e. The van der Waals surface area contributed by atoms with Crippen molar-refractivity contribution in [3.05, 3.63) is 33.8 Å². The molecule has 2 amide bonds. The van der Waals surface area contributed by atoms with Crippen molar-refractivity contribution in [2.24, 2.45) is 0 Å². The summed E-state index contributed by atoms with van der Waals surface area (Å²) >= 11 is 3.40. The minimum atomic E-state index is -0.418. The highest BCUT2D eigenvalue weighted by atomic mass is 79.9. The average Bonchev–Trinajstić information content (AvgIpc) is 2.58. The van der Waals surface area contributed by atoms with Gasteiger partial charge in [-0.1, -0.05) is 15.9 Å². The van der Waals surface area contributed by atoms with Gasteiger partial charge in [-0.3, -0.25) is 9.59 Å². The van der Waals surface area contributed by atoms with Crippen LogP contribution in [0.3, 0.4) is 0 Å². The molecule has 0 bridgehead atoms. The molecule has 0 radical (unpaired) electrons. The molecule has 1 aromatic rings. The van der Waals surface area contributed by atoms with Gasteiger partial charge in [-0.2, -0.15) is 0 Å². The zero-order valence-corrected chi connectivity index (χ0v) is 12.4. The molecule has 2 N–H and O–H groups in total. The van der Waals surface area contributed by atoms with Crippen molar-refractivity contribution in [2.45, 2.75) is 32.2 Å². The molecule has 0 aromatic heterocycles. The Morgan fingerprint density at radius 1 is 1.42 bits per heavy atom. The van der Waals surface area contributed by atoms with Gasteiger partial charge in [0.25, 0.3) is 5.91 Å². The van der Waals surface area contributed by atoms with Crippen LogP contribution >= 0.6 is 15.9 Å². The summed E-state index contributed by atoms with van der Waals surface area (Å²) in [5, 5.41) is 5.62. The summed E-state index contributed by atoms with van der Waals surface area (Å²) in [4.78, 5) is 23.9. The molecule has 1 aliphatic heterocycles. The lowest BCUT2D eigenvalue weighted by atomic mass is 10.1. The van der Waals surface area contributed by atoms with E-state index in [1.807, 2.05) is 19.1 Å². The van der Waals surface area contributed by atoms with E-state index in [0.717, 1.165) is 22.9 Å². The lowest BCUT2D eigenvalue weighted by Gasteiger charge is -2.15. The largest absolute Gasteiger partial charge is 0.354 e. The predicted octanol–water partition coefficient (Wildman–Crippen LogP) is 2.16. The summed E-state index contributed by atoms with van der Waals surface area (Å²) in [7, 11) is 0. The first-order valence-corrected chi connectivity index (χ1v) is 7.22. The Morgan fingerprint density at radius 2 is 2.21 bits per heavy atom. The number of carbonyl (C=O) groups excluding carboxylic acids is 2. The van der Waals surface area contributed by atoms with Crippen molar-refractivity contribution < 1.29 is 9.59 Å². The highest BCUT2D eigenvalue weighted by molar-refractivity contribution is 9.10. The maximum atomic E-state index is 12.1. The molecule has 1 saturated heterocycles. The molecule has 1 aliphatic rings. The number of benzene rings is 1. The second kappa shape index (κ2) is 6.19. The van der Waals surface area contributed by atoms with E-state index in [1.54, 1.807) is 6.07 Å². The molecule has 1 unspecified atom stereocenters. The maximum absolute atomic E-state index is 12.1. The monoisotopic (exact) mass is 324 g/mol. The quantitative estimate of drug-likeness (QED) is 0.875. The topological polar surface area (TPSA) is 58.2 Å². The zero-order chi connectivity index (χ0) is 13.8. The standard InChI is InChI=1S/C14H17BrN2O2/c1-9-8-10(5-6-11(9)15)13(18)17-12-4-2-3-7-16-14(12)19/h5-6,8,12H,2-4,7H2,1H3,(H,16,19)(H,17,18). The van der Waals surface area contributed by atoms with Crippen molar-refractivity contribution in [3.63, 3.8) is 0 Å². The molecule has 1 heterocycles. The number of nitrogens with one attached hydrogen (secondary N) is 2. The number of rotatable bonds is 2. The van der Waals surface area contributed by atoms with Crippen LogP contribution in [0.15, 0.2) is 22.7 Å². The number of hydrogen-bond donors (Lipinski definition) is 2. The van der Waals surface area contributed by atoms with Gasteiger partial charge in [-0.25, -0.2) is 0 Å². The van der Waals surface area contributed by atoms with Gasteiger partial charge in [0, 0.05) is 16.6 Å². The first-order chi connectivity index (χ1) is 9.08. The molecule has 1 fully saturated rings. The number of aryl methyl sites for hydroxylation is 1. The molecular weight excluding hydrogens is 308 g/mol. The van der Waals surface area contributed by atoms with Gasteiger partial charge in [0.05, 0.1) is 0 Å². The van der Waals surface area contributed by atoms with Gasteiger partial charge in [0.1, 0.15) is 6.04 Å². The fourth-order valence-electron chi connectivity index (χ4n) is 2.10. The Labute approximate surface area is 121 Å². The van der Waals surface area contributed by atoms with E-state index in [0.29, 0.717) is 18.5 Å². The minimum absolute atomic E-state index is 0.0836. The zero-order valence-electron chi connectivity index (χ0n) is 10.8. The minimum Gasteiger partial charge on any atom is -0.354 e. The third-order valence-corrected chi connectivity index (χ3v) is 4.15. The molecule has 4 nitrogen and oxygen atoms in total. The lowest BCUT2D eigenvalue weighted by molar-refractivity contribution is -0.122. The Hall–Kier alpha value is -1.36. The van der Waals surface area contributed by atoms with Crippen molar-refractivity contribution in [3.8, 4) is 0 Å². The van der Waals surface area contributed by atoms with Crippen LogP contribution in [-0.2, 0) is 4.79 Å². The summed E-state index contributed by atoms with van der Waals surface area (Å²) in [6.45, 7) is 2.63. The number of amides is 2. The van der Waals surface area contributed by atoms with Gasteiger partial charge < -0.3 is 10.6 Å². The van der Waals surface area contributed by atoms with E-state index >= 15 is 0 Å².